The number of piperidine rings is 1. The summed E-state index contributed by atoms with van der Waals surface area (Å²) in [6, 6.07) is 8.51. The highest BCUT2D eigenvalue weighted by molar-refractivity contribution is 5.83. The number of benzene rings is 1. The van der Waals surface area contributed by atoms with Crippen molar-refractivity contribution >= 4 is 16.8 Å². The monoisotopic (exact) mass is 343 g/mol. The lowest BCUT2D eigenvalue weighted by atomic mass is 9.89. The van der Waals surface area contributed by atoms with Crippen LogP contribution in [0.15, 0.2) is 30.5 Å². The van der Waals surface area contributed by atoms with Gasteiger partial charge < -0.3 is 19.9 Å². The van der Waals surface area contributed by atoms with E-state index in [1.54, 1.807) is 4.90 Å². The number of aliphatic hydroxyl groups is 1. The molecule has 0 aliphatic carbocycles. The minimum Gasteiger partial charge on any atom is -0.384 e. The predicted octanol–water partition coefficient (Wildman–Crippen LogP) is 2.58. The normalized spacial score (nSPS) is 17.7. The molecule has 1 fully saturated rings. The van der Waals surface area contributed by atoms with Gasteiger partial charge in [0.15, 0.2) is 0 Å². The molecule has 2 N–H and O–H groups in total. The number of para-hydroxylation sites is 1. The Kier molecular flexibility index (Phi) is 5.76. The Bertz CT molecular complexity index is 702. The molecule has 1 aromatic carbocycles. The minimum atomic E-state index is -0.910. The van der Waals surface area contributed by atoms with E-state index in [-0.39, 0.29) is 5.91 Å². The number of fused-ring (bicyclic) bond motifs is 1. The fourth-order valence-corrected chi connectivity index (χ4v) is 3.85. The van der Waals surface area contributed by atoms with Crippen molar-refractivity contribution in [2.24, 2.45) is 0 Å². The molecule has 0 spiro atoms. The van der Waals surface area contributed by atoms with Gasteiger partial charge in [-0.25, -0.2) is 0 Å². The van der Waals surface area contributed by atoms with Crippen molar-refractivity contribution in [1.82, 2.24) is 14.8 Å². The van der Waals surface area contributed by atoms with Crippen molar-refractivity contribution < 1.29 is 9.90 Å². The Labute approximate surface area is 149 Å². The number of H-pyrrole nitrogens is 1. The van der Waals surface area contributed by atoms with E-state index in [4.69, 9.17) is 0 Å². The van der Waals surface area contributed by atoms with Crippen LogP contribution in [0, 0.1) is 0 Å². The summed E-state index contributed by atoms with van der Waals surface area (Å²) >= 11 is 0. The number of aromatic amines is 1. The number of amides is 1. The highest BCUT2D eigenvalue weighted by Gasteiger charge is 2.24. The van der Waals surface area contributed by atoms with E-state index in [9.17, 15) is 9.90 Å². The van der Waals surface area contributed by atoms with Gasteiger partial charge in [0.2, 0.25) is 0 Å². The predicted molar refractivity (Wildman–Crippen MR) is 101 cm³/mol. The van der Waals surface area contributed by atoms with Gasteiger partial charge in [0, 0.05) is 36.7 Å². The first kappa shape index (κ1) is 18.0. The number of carbonyl (C=O) groups is 1. The molecule has 1 aromatic heterocycles. The second kappa shape index (κ2) is 8.02. The summed E-state index contributed by atoms with van der Waals surface area (Å²) in [4.78, 5) is 19.5. The molecule has 1 saturated heterocycles. The molecular formula is C20H29N3O2. The summed E-state index contributed by atoms with van der Waals surface area (Å²) < 4.78 is 0. The number of hydrogen-bond donors (Lipinski definition) is 2. The maximum absolute atomic E-state index is 11.9. The first-order valence-corrected chi connectivity index (χ1v) is 9.35. The number of aliphatic hydroxyl groups excluding tert-OH is 1. The number of hydrogen-bond acceptors (Lipinski definition) is 3. The number of likely N-dealkylation sites (tertiary alicyclic amines) is 1. The molecule has 0 unspecified atom stereocenters. The van der Waals surface area contributed by atoms with E-state index in [1.807, 2.05) is 6.92 Å². The molecule has 0 bridgehead atoms. The van der Waals surface area contributed by atoms with Crippen LogP contribution < -0.4 is 0 Å². The van der Waals surface area contributed by atoms with E-state index < -0.39 is 6.10 Å². The lowest BCUT2D eigenvalue weighted by molar-refractivity contribution is -0.139. The molecule has 1 aliphatic rings. The van der Waals surface area contributed by atoms with Crippen molar-refractivity contribution in [3.05, 3.63) is 36.0 Å². The van der Waals surface area contributed by atoms with E-state index >= 15 is 0 Å². The molecule has 1 amide bonds. The molecule has 25 heavy (non-hydrogen) atoms. The quantitative estimate of drug-likeness (QED) is 0.847. The summed E-state index contributed by atoms with van der Waals surface area (Å²) in [6.07, 6.45) is 3.56. The molecule has 1 aliphatic heterocycles. The summed E-state index contributed by atoms with van der Waals surface area (Å²) in [7, 11) is 0. The molecule has 2 heterocycles. The fourth-order valence-electron chi connectivity index (χ4n) is 3.85. The fraction of sp³-hybridized carbons (Fsp3) is 0.550. The highest BCUT2D eigenvalue weighted by Crippen LogP contribution is 2.32. The zero-order valence-corrected chi connectivity index (χ0v) is 15.2. The lowest BCUT2D eigenvalue weighted by Gasteiger charge is -2.33. The van der Waals surface area contributed by atoms with Crippen LogP contribution in [-0.2, 0) is 4.79 Å². The van der Waals surface area contributed by atoms with Gasteiger partial charge in [-0.3, -0.25) is 4.79 Å². The molecule has 5 nitrogen and oxygen atoms in total. The molecule has 5 heteroatoms. The van der Waals surface area contributed by atoms with Crippen LogP contribution in [0.3, 0.4) is 0 Å². The van der Waals surface area contributed by atoms with Crippen molar-refractivity contribution in [2.45, 2.75) is 38.7 Å². The summed E-state index contributed by atoms with van der Waals surface area (Å²) in [5.74, 6) is 0.435. The smallest absolute Gasteiger partial charge is 0.251 e. The van der Waals surface area contributed by atoms with Crippen LogP contribution in [0.2, 0.25) is 0 Å². The van der Waals surface area contributed by atoms with Crippen LogP contribution in [0.1, 0.15) is 38.2 Å². The SMILES string of the molecule is CCN(CCN1CCC(c2c[nH]c3ccccc23)CC1)C(=O)[C@@H](C)O. The molecular weight excluding hydrogens is 314 g/mol. The number of likely N-dealkylation sites (N-methyl/N-ethyl adjacent to an activating group) is 1. The summed E-state index contributed by atoms with van der Waals surface area (Å²) in [5.41, 5.74) is 2.66. The van der Waals surface area contributed by atoms with Gasteiger partial charge in [-0.15, -0.1) is 0 Å². The van der Waals surface area contributed by atoms with Crippen LogP contribution in [0.5, 0.6) is 0 Å². The molecule has 3 rings (SSSR count). The average Bonchev–Trinajstić information content (AvgIpc) is 3.06. The lowest BCUT2D eigenvalue weighted by Crippen LogP contribution is -2.44. The minimum absolute atomic E-state index is 0.170. The third kappa shape index (κ3) is 4.05. The highest BCUT2D eigenvalue weighted by atomic mass is 16.3. The van der Waals surface area contributed by atoms with E-state index in [2.05, 4.69) is 40.3 Å². The average molecular weight is 343 g/mol. The molecule has 0 radical (unpaired) electrons. The van der Waals surface area contributed by atoms with Gasteiger partial charge >= 0.3 is 0 Å². The number of aromatic nitrogens is 1. The standard InChI is InChI=1S/C20H29N3O2/c1-3-23(20(25)15(2)24)13-12-22-10-8-16(9-11-22)18-14-21-19-7-5-4-6-17(18)19/h4-7,14-16,21,24H,3,8-13H2,1-2H3/t15-/m1/s1. The van der Waals surface area contributed by atoms with Crippen LogP contribution in [-0.4, -0.2) is 64.6 Å². The molecule has 0 saturated carbocycles. The van der Waals surface area contributed by atoms with Crippen LogP contribution in [0.25, 0.3) is 10.9 Å². The van der Waals surface area contributed by atoms with Crippen molar-refractivity contribution in [1.29, 1.82) is 0 Å². The van der Waals surface area contributed by atoms with Gasteiger partial charge in [-0.2, -0.15) is 0 Å². The maximum Gasteiger partial charge on any atom is 0.251 e. The van der Waals surface area contributed by atoms with E-state index in [0.29, 0.717) is 19.0 Å². The number of nitrogens with one attached hydrogen (secondary N) is 1. The second-order valence-electron chi connectivity index (χ2n) is 7.00. The van der Waals surface area contributed by atoms with Gasteiger partial charge in [0.05, 0.1) is 0 Å². The zero-order chi connectivity index (χ0) is 17.8. The largest absolute Gasteiger partial charge is 0.384 e. The topological polar surface area (TPSA) is 59.6 Å². The van der Waals surface area contributed by atoms with E-state index in [1.165, 1.54) is 23.4 Å². The first-order valence-electron chi connectivity index (χ1n) is 9.35. The maximum atomic E-state index is 11.9. The Balaban J connectivity index is 1.53. The third-order valence-electron chi connectivity index (χ3n) is 5.39. The number of carbonyl (C=O) groups excluding carboxylic acids is 1. The Morgan fingerprint density at radius 3 is 2.76 bits per heavy atom. The third-order valence-corrected chi connectivity index (χ3v) is 5.39. The van der Waals surface area contributed by atoms with Crippen molar-refractivity contribution in [3.63, 3.8) is 0 Å². The van der Waals surface area contributed by atoms with Crippen molar-refractivity contribution in [2.75, 3.05) is 32.7 Å². The van der Waals surface area contributed by atoms with E-state index in [0.717, 1.165) is 32.5 Å². The number of nitrogens with zero attached hydrogens (tertiary/aromatic N) is 2. The molecule has 2 aromatic rings. The molecule has 136 valence electrons. The second-order valence-corrected chi connectivity index (χ2v) is 7.00. The zero-order valence-electron chi connectivity index (χ0n) is 15.2. The number of rotatable bonds is 6. The van der Waals surface area contributed by atoms with Crippen LogP contribution in [0.4, 0.5) is 0 Å². The van der Waals surface area contributed by atoms with Gasteiger partial charge in [-0.1, -0.05) is 18.2 Å². The van der Waals surface area contributed by atoms with Gasteiger partial charge in [0.25, 0.3) is 5.91 Å². The van der Waals surface area contributed by atoms with Crippen LogP contribution >= 0.6 is 0 Å². The summed E-state index contributed by atoms with van der Waals surface area (Å²) in [6.45, 7) is 7.84. The Morgan fingerprint density at radius 2 is 2.08 bits per heavy atom. The first-order chi connectivity index (χ1) is 12.1. The Morgan fingerprint density at radius 1 is 1.36 bits per heavy atom. The van der Waals surface area contributed by atoms with Gasteiger partial charge in [0.1, 0.15) is 6.10 Å². The van der Waals surface area contributed by atoms with Crippen molar-refractivity contribution in [3.8, 4) is 0 Å². The Hall–Kier alpha value is -1.85. The summed E-state index contributed by atoms with van der Waals surface area (Å²) in [5, 5.41) is 10.8. The molecule has 1 atom stereocenters. The van der Waals surface area contributed by atoms with Gasteiger partial charge in [-0.05, 0) is 57.3 Å².